The fourth-order valence-corrected chi connectivity index (χ4v) is 5.52. The number of nitrogens with one attached hydrogen (secondary N) is 4. The van der Waals surface area contributed by atoms with E-state index in [1.165, 1.54) is 0 Å². The number of aromatic nitrogens is 5. The lowest BCUT2D eigenvalue weighted by molar-refractivity contribution is -0.182. The number of hydrogen-bond acceptors (Lipinski definition) is 6. The molecule has 21 heteroatoms. The molecule has 4 N–H and O–H groups in total. The Labute approximate surface area is 279 Å². The second-order valence-electron chi connectivity index (χ2n) is 11.7. The van der Waals surface area contributed by atoms with Crippen LogP contribution in [0.4, 0.5) is 48.3 Å². The molecule has 3 heterocycles. The maximum atomic E-state index is 13.9. The molecular weight excluding hydrogens is 715 g/mol. The van der Waals surface area contributed by atoms with E-state index in [-0.39, 0.29) is 59.4 Å². The Balaban J connectivity index is 1.36. The average molecular weight is 742 g/mol. The van der Waals surface area contributed by atoms with Crippen molar-refractivity contribution in [2.75, 3.05) is 6.61 Å². The number of fused-ring (bicyclic) bond motifs is 1. The molecule has 0 bridgehead atoms. The average Bonchev–Trinajstić information content (AvgIpc) is 3.69. The summed E-state index contributed by atoms with van der Waals surface area (Å²) in [5.74, 6) is -4.16. The van der Waals surface area contributed by atoms with Crippen LogP contribution in [-0.4, -0.2) is 62.2 Å². The number of amides is 2. The molecule has 1 saturated carbocycles. The number of aromatic amines is 2. The molecule has 1 aliphatic carbocycles. The molecule has 0 radical (unpaired) electrons. The highest BCUT2D eigenvalue weighted by molar-refractivity contribution is 5.99. The molecule has 0 unspecified atom stereocenters. The molecule has 5 rings (SSSR count). The second-order valence-corrected chi connectivity index (χ2v) is 11.7. The Morgan fingerprint density at radius 2 is 1.61 bits per heavy atom. The lowest BCUT2D eigenvalue weighted by Crippen LogP contribution is -2.40. The van der Waals surface area contributed by atoms with E-state index in [2.05, 4.69) is 30.7 Å². The van der Waals surface area contributed by atoms with E-state index in [1.54, 1.807) is 5.10 Å². The highest BCUT2D eigenvalue weighted by atomic mass is 19.4. The molecule has 10 nitrogen and oxygen atoms in total. The first-order valence-electron chi connectivity index (χ1n) is 15.1. The maximum Gasteiger partial charge on any atom is 0.432 e. The van der Waals surface area contributed by atoms with Gasteiger partial charge in [-0.25, -0.2) is 13.8 Å². The van der Waals surface area contributed by atoms with Crippen molar-refractivity contribution in [3.63, 3.8) is 0 Å². The number of nitrogens with zero attached hydrogens (tertiary/aromatic N) is 3. The number of hydrogen-bond donors (Lipinski definition) is 4. The Kier molecular flexibility index (Phi) is 10.5. The van der Waals surface area contributed by atoms with Gasteiger partial charge in [-0.15, -0.1) is 0 Å². The molecule has 51 heavy (non-hydrogen) atoms. The molecule has 0 saturated heterocycles. The maximum absolute atomic E-state index is 13.9. The summed E-state index contributed by atoms with van der Waals surface area (Å²) in [5, 5.41) is 9.79. The number of alkyl halides is 11. The van der Waals surface area contributed by atoms with Crippen molar-refractivity contribution in [3.8, 4) is 5.88 Å². The molecule has 0 spiro atoms. The zero-order valence-corrected chi connectivity index (χ0v) is 25.8. The molecule has 276 valence electrons. The van der Waals surface area contributed by atoms with Gasteiger partial charge in [0.15, 0.2) is 17.9 Å². The number of imidazole rings is 1. The smallest absolute Gasteiger partial charge is 0.432 e. The molecule has 1 fully saturated rings. The van der Waals surface area contributed by atoms with E-state index in [4.69, 9.17) is 4.74 Å². The number of rotatable bonds is 10. The third kappa shape index (κ3) is 9.23. The van der Waals surface area contributed by atoms with Crippen LogP contribution in [0.15, 0.2) is 30.3 Å². The van der Waals surface area contributed by atoms with Crippen molar-refractivity contribution in [2.24, 2.45) is 5.92 Å². The summed E-state index contributed by atoms with van der Waals surface area (Å²) < 4.78 is 150. The molecule has 1 aliphatic rings. The van der Waals surface area contributed by atoms with Crippen molar-refractivity contribution in [1.82, 2.24) is 35.8 Å². The topological polar surface area (TPSA) is 138 Å². The summed E-state index contributed by atoms with van der Waals surface area (Å²) in [6.07, 6.45) is -18.0. The van der Waals surface area contributed by atoms with E-state index in [0.717, 1.165) is 24.3 Å². The van der Waals surface area contributed by atoms with E-state index in [9.17, 15) is 57.9 Å². The minimum absolute atomic E-state index is 0.000694. The van der Waals surface area contributed by atoms with Gasteiger partial charge in [-0.05, 0) is 48.9 Å². The number of carbonyl (C=O) groups excluding carboxylic acids is 2. The summed E-state index contributed by atoms with van der Waals surface area (Å²) in [4.78, 5) is 36.3. The predicted molar refractivity (Wildman–Crippen MR) is 154 cm³/mol. The zero-order chi connectivity index (χ0) is 37.3. The van der Waals surface area contributed by atoms with Gasteiger partial charge in [0, 0.05) is 25.1 Å². The quantitative estimate of drug-likeness (QED) is 0.133. The first kappa shape index (κ1) is 37.3. The summed E-state index contributed by atoms with van der Waals surface area (Å²) in [7, 11) is 0. The van der Waals surface area contributed by atoms with Crippen LogP contribution in [0, 0.1) is 5.92 Å². The van der Waals surface area contributed by atoms with Crippen molar-refractivity contribution >= 4 is 23.0 Å². The Morgan fingerprint density at radius 1 is 0.902 bits per heavy atom. The first-order valence-corrected chi connectivity index (χ1v) is 15.1. The minimum atomic E-state index is -4.86. The van der Waals surface area contributed by atoms with Crippen molar-refractivity contribution in [3.05, 3.63) is 69.8 Å². The molecule has 1 aromatic carbocycles. The van der Waals surface area contributed by atoms with Crippen molar-refractivity contribution in [1.29, 1.82) is 0 Å². The number of halogens is 11. The van der Waals surface area contributed by atoms with Gasteiger partial charge in [-0.2, -0.15) is 49.6 Å². The Morgan fingerprint density at radius 3 is 2.22 bits per heavy atom. The lowest BCUT2D eigenvalue weighted by atomic mass is 9.85. The Hall–Kier alpha value is -4.98. The summed E-state index contributed by atoms with van der Waals surface area (Å²) in [6.45, 7) is -1.59. The largest absolute Gasteiger partial charge is 0.471 e. The second kappa shape index (κ2) is 14.3. The number of benzene rings is 1. The van der Waals surface area contributed by atoms with Crippen LogP contribution in [0.2, 0.25) is 0 Å². The summed E-state index contributed by atoms with van der Waals surface area (Å²) >= 11 is 0. The minimum Gasteiger partial charge on any atom is -0.471 e. The molecule has 0 aliphatic heterocycles. The van der Waals surface area contributed by atoms with Gasteiger partial charge in [-0.1, -0.05) is 12.1 Å². The van der Waals surface area contributed by atoms with Crippen molar-refractivity contribution in [2.45, 2.75) is 69.6 Å². The third-order valence-electron chi connectivity index (χ3n) is 8.01. The van der Waals surface area contributed by atoms with Gasteiger partial charge >= 0.3 is 18.5 Å². The van der Waals surface area contributed by atoms with Crippen LogP contribution < -0.4 is 15.4 Å². The lowest BCUT2D eigenvalue weighted by Gasteiger charge is -2.30. The first-order chi connectivity index (χ1) is 23.8. The van der Waals surface area contributed by atoms with Gasteiger partial charge < -0.3 is 20.4 Å². The van der Waals surface area contributed by atoms with Crippen LogP contribution in [0.25, 0.3) is 11.2 Å². The number of carbonyl (C=O) groups is 2. The zero-order valence-electron chi connectivity index (χ0n) is 25.8. The standard InChI is InChI=1S/C30H26F11N7O3/c31-22(32)12-51-27-17(25(49)43-16-4-2-15(3-5-16)28(33,34)35)9-19-24(46-27)45-23(44-19)8-14-7-13(1-6-18(14)29(36,37)38)11-42-26(50)20-10-21(48-47-20)30(39,40)41/h1,6-7,9-10,15-16,22H,2-5,8,11-12H2,(H,42,50)(H,43,49)(H,47,48)(H,44,45,46). The fourth-order valence-electron chi connectivity index (χ4n) is 5.52. The molecule has 3 aromatic heterocycles. The van der Waals surface area contributed by atoms with Crippen LogP contribution in [-0.2, 0) is 25.3 Å². The van der Waals surface area contributed by atoms with Gasteiger partial charge in [0.05, 0.1) is 17.0 Å². The van der Waals surface area contributed by atoms with Gasteiger partial charge in [-0.3, -0.25) is 14.7 Å². The van der Waals surface area contributed by atoms with E-state index in [1.807, 2.05) is 0 Å². The van der Waals surface area contributed by atoms with Crippen LogP contribution in [0.1, 0.15) is 74.7 Å². The number of ether oxygens (including phenoxy) is 1. The highest BCUT2D eigenvalue weighted by Crippen LogP contribution is 2.38. The SMILES string of the molecule is O=C(NCc1ccc(C(F)(F)F)c(Cc2nc3nc(OCC(F)F)c(C(=O)NC4CCC(C(F)(F)F)CC4)cc3[nH]2)c1)c1cc(C(F)(F)F)[nH]n1. The fraction of sp³-hybridized carbons (Fsp3) is 0.433. The molecular formula is C30H26F11N7O3. The van der Waals surface area contributed by atoms with Gasteiger partial charge in [0.25, 0.3) is 18.2 Å². The van der Waals surface area contributed by atoms with E-state index >= 15 is 0 Å². The number of pyridine rings is 1. The van der Waals surface area contributed by atoms with Crippen molar-refractivity contribution < 1.29 is 62.6 Å². The molecule has 0 atom stereocenters. The Bertz CT molecular complexity index is 1880. The van der Waals surface area contributed by atoms with Crippen LogP contribution in [0.3, 0.4) is 0 Å². The normalized spacial score (nSPS) is 17.2. The molecule has 2 amide bonds. The van der Waals surface area contributed by atoms with Gasteiger partial charge in [0.2, 0.25) is 5.88 Å². The highest BCUT2D eigenvalue weighted by Gasteiger charge is 2.42. The predicted octanol–water partition coefficient (Wildman–Crippen LogP) is 6.73. The van der Waals surface area contributed by atoms with Crippen LogP contribution in [0.5, 0.6) is 5.88 Å². The van der Waals surface area contributed by atoms with E-state index < -0.39 is 91.1 Å². The van der Waals surface area contributed by atoms with Crippen LogP contribution >= 0.6 is 0 Å². The van der Waals surface area contributed by atoms with Gasteiger partial charge in [0.1, 0.15) is 17.1 Å². The monoisotopic (exact) mass is 741 g/mol. The summed E-state index contributed by atoms with van der Waals surface area (Å²) in [6, 6.07) is 3.78. The third-order valence-corrected chi connectivity index (χ3v) is 8.01. The summed E-state index contributed by atoms with van der Waals surface area (Å²) in [5.41, 5.74) is -3.80. The number of H-pyrrole nitrogens is 2. The van der Waals surface area contributed by atoms with E-state index in [0.29, 0.717) is 6.07 Å². The molecule has 4 aromatic rings.